The van der Waals surface area contributed by atoms with E-state index in [1.807, 2.05) is 0 Å². The maximum absolute atomic E-state index is 11.6. The molecule has 1 aliphatic carbocycles. The van der Waals surface area contributed by atoms with Gasteiger partial charge in [-0.3, -0.25) is 9.59 Å². The Bertz CT molecular complexity index is 283. The number of carbonyl (C=O) groups excluding carboxylic acids is 1. The zero-order valence-corrected chi connectivity index (χ0v) is 9.82. The standard InChI is InChI=1S/C11H20N2O3/c1-11(2,12)10(16)13-8-5-3-4-7(6-8)9(14)15/h7-8H,3-6,12H2,1-2H3,(H,13,16)(H,14,15). The molecule has 1 rings (SSSR count). The summed E-state index contributed by atoms with van der Waals surface area (Å²) >= 11 is 0. The molecule has 16 heavy (non-hydrogen) atoms. The topological polar surface area (TPSA) is 92.4 Å². The number of hydrogen-bond acceptors (Lipinski definition) is 3. The lowest BCUT2D eigenvalue weighted by molar-refractivity contribution is -0.143. The third-order valence-corrected chi connectivity index (χ3v) is 2.94. The molecule has 1 fully saturated rings. The average Bonchev–Trinajstić information content (AvgIpc) is 2.16. The number of nitrogens with one attached hydrogen (secondary N) is 1. The van der Waals surface area contributed by atoms with Crippen LogP contribution < -0.4 is 11.1 Å². The van der Waals surface area contributed by atoms with Gasteiger partial charge in [0.15, 0.2) is 0 Å². The van der Waals surface area contributed by atoms with Crippen LogP contribution in [0.2, 0.25) is 0 Å². The van der Waals surface area contributed by atoms with Gasteiger partial charge in [0.1, 0.15) is 0 Å². The summed E-state index contributed by atoms with van der Waals surface area (Å²) in [6.45, 7) is 3.28. The number of nitrogens with two attached hydrogens (primary N) is 1. The number of carboxylic acids is 1. The second-order valence-electron chi connectivity index (χ2n) is 5.09. The van der Waals surface area contributed by atoms with E-state index in [0.717, 1.165) is 12.8 Å². The number of hydrogen-bond donors (Lipinski definition) is 3. The van der Waals surface area contributed by atoms with Crippen LogP contribution in [0.1, 0.15) is 39.5 Å². The fourth-order valence-electron chi connectivity index (χ4n) is 1.92. The highest BCUT2D eigenvalue weighted by atomic mass is 16.4. The van der Waals surface area contributed by atoms with Gasteiger partial charge in [-0.2, -0.15) is 0 Å². The molecule has 0 radical (unpaired) electrons. The van der Waals surface area contributed by atoms with E-state index < -0.39 is 11.5 Å². The highest BCUT2D eigenvalue weighted by Crippen LogP contribution is 2.24. The lowest BCUT2D eigenvalue weighted by Crippen LogP contribution is -2.53. The zero-order chi connectivity index (χ0) is 12.3. The first-order chi connectivity index (χ1) is 7.30. The minimum Gasteiger partial charge on any atom is -0.481 e. The highest BCUT2D eigenvalue weighted by molar-refractivity contribution is 5.85. The van der Waals surface area contributed by atoms with Gasteiger partial charge in [0, 0.05) is 6.04 Å². The van der Waals surface area contributed by atoms with E-state index in [1.165, 1.54) is 0 Å². The van der Waals surface area contributed by atoms with Crippen molar-refractivity contribution in [3.63, 3.8) is 0 Å². The molecule has 0 aliphatic heterocycles. The maximum atomic E-state index is 11.6. The van der Waals surface area contributed by atoms with Crippen molar-refractivity contribution < 1.29 is 14.7 Å². The smallest absolute Gasteiger partial charge is 0.306 e. The van der Waals surface area contributed by atoms with E-state index in [9.17, 15) is 9.59 Å². The molecule has 0 saturated heterocycles. The number of rotatable bonds is 3. The van der Waals surface area contributed by atoms with Gasteiger partial charge in [-0.15, -0.1) is 0 Å². The lowest BCUT2D eigenvalue weighted by atomic mass is 9.85. The van der Waals surface area contributed by atoms with Gasteiger partial charge in [-0.1, -0.05) is 6.42 Å². The Kier molecular flexibility index (Phi) is 3.91. The lowest BCUT2D eigenvalue weighted by Gasteiger charge is -2.29. The predicted octanol–water partition coefficient (Wildman–Crippen LogP) is 0.483. The minimum absolute atomic E-state index is 0.0508. The molecule has 0 aromatic heterocycles. The van der Waals surface area contributed by atoms with Crippen molar-refractivity contribution in [2.45, 2.75) is 51.1 Å². The number of carbonyl (C=O) groups is 2. The van der Waals surface area contributed by atoms with Crippen LogP contribution in [0.4, 0.5) is 0 Å². The van der Waals surface area contributed by atoms with Crippen LogP contribution in [0.5, 0.6) is 0 Å². The van der Waals surface area contributed by atoms with Gasteiger partial charge in [0.25, 0.3) is 0 Å². The molecule has 1 aliphatic rings. The Labute approximate surface area is 95.4 Å². The summed E-state index contributed by atoms with van der Waals surface area (Å²) in [5, 5.41) is 11.7. The van der Waals surface area contributed by atoms with Gasteiger partial charge >= 0.3 is 5.97 Å². The second-order valence-corrected chi connectivity index (χ2v) is 5.09. The molecule has 0 heterocycles. The molecule has 0 bridgehead atoms. The maximum Gasteiger partial charge on any atom is 0.306 e. The first-order valence-electron chi connectivity index (χ1n) is 5.63. The molecular formula is C11H20N2O3. The van der Waals surface area contributed by atoms with Crippen molar-refractivity contribution in [1.29, 1.82) is 0 Å². The van der Waals surface area contributed by atoms with Crippen LogP contribution in [0.15, 0.2) is 0 Å². The molecule has 5 heteroatoms. The first kappa shape index (κ1) is 13.0. The summed E-state index contributed by atoms with van der Waals surface area (Å²) in [6.07, 6.45) is 2.89. The van der Waals surface area contributed by atoms with E-state index in [4.69, 9.17) is 10.8 Å². The van der Waals surface area contributed by atoms with Gasteiger partial charge < -0.3 is 16.2 Å². The third-order valence-electron chi connectivity index (χ3n) is 2.94. The van der Waals surface area contributed by atoms with Gasteiger partial charge in [0.05, 0.1) is 11.5 Å². The van der Waals surface area contributed by atoms with Crippen molar-refractivity contribution in [2.75, 3.05) is 0 Å². The fraction of sp³-hybridized carbons (Fsp3) is 0.818. The highest BCUT2D eigenvalue weighted by Gasteiger charge is 2.30. The van der Waals surface area contributed by atoms with Crippen molar-refractivity contribution in [3.8, 4) is 0 Å². The van der Waals surface area contributed by atoms with Crippen molar-refractivity contribution in [1.82, 2.24) is 5.32 Å². The van der Waals surface area contributed by atoms with E-state index in [1.54, 1.807) is 13.8 Å². The van der Waals surface area contributed by atoms with E-state index >= 15 is 0 Å². The molecule has 1 saturated carbocycles. The Morgan fingerprint density at radius 3 is 2.50 bits per heavy atom. The van der Waals surface area contributed by atoms with Crippen molar-refractivity contribution >= 4 is 11.9 Å². The summed E-state index contributed by atoms with van der Waals surface area (Å²) in [7, 11) is 0. The molecule has 0 aromatic carbocycles. The third kappa shape index (κ3) is 3.48. The number of aliphatic carboxylic acids is 1. The van der Waals surface area contributed by atoms with E-state index in [0.29, 0.717) is 12.8 Å². The molecule has 2 unspecified atom stereocenters. The monoisotopic (exact) mass is 228 g/mol. The number of carboxylic acid groups (broad SMARTS) is 1. The van der Waals surface area contributed by atoms with Crippen LogP contribution in [0.3, 0.4) is 0 Å². The molecule has 0 aromatic rings. The van der Waals surface area contributed by atoms with Gasteiger partial charge in [-0.05, 0) is 33.1 Å². The number of amides is 1. The largest absolute Gasteiger partial charge is 0.481 e. The zero-order valence-electron chi connectivity index (χ0n) is 9.82. The fourth-order valence-corrected chi connectivity index (χ4v) is 1.92. The molecule has 92 valence electrons. The van der Waals surface area contributed by atoms with E-state index in [2.05, 4.69) is 5.32 Å². The molecular weight excluding hydrogens is 208 g/mol. The van der Waals surface area contributed by atoms with Crippen LogP contribution in [-0.2, 0) is 9.59 Å². The predicted molar refractivity (Wildman–Crippen MR) is 59.8 cm³/mol. The summed E-state index contributed by atoms with van der Waals surface area (Å²) in [6, 6.07) is -0.0508. The normalized spacial score (nSPS) is 26.2. The summed E-state index contributed by atoms with van der Waals surface area (Å²) < 4.78 is 0. The van der Waals surface area contributed by atoms with Gasteiger partial charge in [-0.25, -0.2) is 0 Å². The first-order valence-corrected chi connectivity index (χ1v) is 5.63. The van der Waals surface area contributed by atoms with E-state index in [-0.39, 0.29) is 17.9 Å². The molecule has 0 spiro atoms. The van der Waals surface area contributed by atoms with Crippen LogP contribution in [-0.4, -0.2) is 28.6 Å². The second kappa shape index (κ2) is 4.82. The summed E-state index contributed by atoms with van der Waals surface area (Å²) in [5.74, 6) is -1.32. The Morgan fingerprint density at radius 2 is 2.00 bits per heavy atom. The quantitative estimate of drug-likeness (QED) is 0.655. The van der Waals surface area contributed by atoms with Crippen LogP contribution >= 0.6 is 0 Å². The van der Waals surface area contributed by atoms with Crippen LogP contribution in [0.25, 0.3) is 0 Å². The summed E-state index contributed by atoms with van der Waals surface area (Å²) in [5.41, 5.74) is 4.76. The van der Waals surface area contributed by atoms with Crippen molar-refractivity contribution in [3.05, 3.63) is 0 Å². The Balaban J connectivity index is 2.49. The van der Waals surface area contributed by atoms with Gasteiger partial charge in [0.2, 0.25) is 5.91 Å². The Morgan fingerprint density at radius 1 is 1.38 bits per heavy atom. The molecule has 1 amide bonds. The van der Waals surface area contributed by atoms with Crippen LogP contribution in [0, 0.1) is 5.92 Å². The molecule has 2 atom stereocenters. The Hall–Kier alpha value is -1.10. The SMILES string of the molecule is CC(C)(N)C(=O)NC1CCCC(C(=O)O)C1. The average molecular weight is 228 g/mol. The van der Waals surface area contributed by atoms with Crippen molar-refractivity contribution in [2.24, 2.45) is 11.7 Å². The molecule has 5 nitrogen and oxygen atoms in total. The molecule has 4 N–H and O–H groups in total. The minimum atomic E-state index is -0.907. The summed E-state index contributed by atoms with van der Waals surface area (Å²) in [4.78, 5) is 22.5.